The number of carbonyl (C=O) groups is 1. The fourth-order valence-electron chi connectivity index (χ4n) is 2.36. The summed E-state index contributed by atoms with van der Waals surface area (Å²) < 4.78 is 52.7. The van der Waals surface area contributed by atoms with Crippen LogP contribution in [0.2, 0.25) is 0 Å². The molecule has 2 aromatic carbocycles. The van der Waals surface area contributed by atoms with E-state index in [0.717, 1.165) is 5.56 Å². The molecule has 2 aromatic rings. The van der Waals surface area contributed by atoms with Gasteiger partial charge in [-0.2, -0.15) is 8.78 Å². The number of hydrogen-bond donors (Lipinski definition) is 1. The number of amides is 1. The standard InChI is InChI=1S/C18H19F2NO4S/c19-18(20)25-16-10-4-9-15(12-16)21-17(22)13-26(23,24)11-5-8-14-6-2-1-3-7-14/h1-4,6-7,9-10,12,18H,5,8,11,13H2,(H,21,22). The third-order valence-electron chi connectivity index (χ3n) is 3.46. The van der Waals surface area contributed by atoms with Crippen molar-refractivity contribution in [2.75, 3.05) is 16.8 Å². The number of alkyl halides is 2. The summed E-state index contributed by atoms with van der Waals surface area (Å²) in [6, 6.07) is 14.8. The average Bonchev–Trinajstić information content (AvgIpc) is 2.54. The molecule has 8 heteroatoms. The molecule has 5 nitrogen and oxygen atoms in total. The van der Waals surface area contributed by atoms with Gasteiger partial charge in [0.1, 0.15) is 11.5 Å². The van der Waals surface area contributed by atoms with Crippen LogP contribution in [0.5, 0.6) is 5.75 Å². The van der Waals surface area contributed by atoms with Gasteiger partial charge in [-0.3, -0.25) is 4.79 Å². The zero-order valence-electron chi connectivity index (χ0n) is 13.9. The van der Waals surface area contributed by atoms with Gasteiger partial charge in [0.15, 0.2) is 9.84 Å². The lowest BCUT2D eigenvalue weighted by Crippen LogP contribution is -2.25. The maximum atomic E-state index is 12.2. The van der Waals surface area contributed by atoms with E-state index in [1.54, 1.807) is 0 Å². The molecule has 1 N–H and O–H groups in total. The van der Waals surface area contributed by atoms with Crippen LogP contribution in [0.4, 0.5) is 14.5 Å². The van der Waals surface area contributed by atoms with Gasteiger partial charge in [-0.05, 0) is 30.5 Å². The first kappa shape index (κ1) is 19.8. The van der Waals surface area contributed by atoms with Crippen LogP contribution >= 0.6 is 0 Å². The number of halogens is 2. The SMILES string of the molecule is O=C(CS(=O)(=O)CCCc1ccccc1)Nc1cccc(OC(F)F)c1. The van der Waals surface area contributed by atoms with Crippen LogP contribution in [0.15, 0.2) is 54.6 Å². The molecule has 1 amide bonds. The van der Waals surface area contributed by atoms with Crippen LogP contribution in [0.3, 0.4) is 0 Å². The molecule has 26 heavy (non-hydrogen) atoms. The van der Waals surface area contributed by atoms with Crippen LogP contribution in [0, 0.1) is 0 Å². The molecule has 0 spiro atoms. The summed E-state index contributed by atoms with van der Waals surface area (Å²) in [7, 11) is -3.56. The van der Waals surface area contributed by atoms with Gasteiger partial charge in [0.05, 0.1) is 5.75 Å². The Morgan fingerprint density at radius 1 is 1.08 bits per heavy atom. The molecule has 0 aliphatic heterocycles. The molecule has 140 valence electrons. The molecule has 0 fully saturated rings. The zero-order valence-corrected chi connectivity index (χ0v) is 14.7. The predicted octanol–water partition coefficient (Wildman–Crippen LogP) is 3.27. The summed E-state index contributed by atoms with van der Waals surface area (Å²) >= 11 is 0. The van der Waals surface area contributed by atoms with Crippen LogP contribution < -0.4 is 10.1 Å². The zero-order chi connectivity index (χ0) is 19.0. The van der Waals surface area contributed by atoms with E-state index in [-0.39, 0.29) is 17.2 Å². The number of ether oxygens (including phenoxy) is 1. The normalized spacial score (nSPS) is 11.3. The highest BCUT2D eigenvalue weighted by atomic mass is 32.2. The monoisotopic (exact) mass is 383 g/mol. The molecule has 0 unspecified atom stereocenters. The van der Waals surface area contributed by atoms with Gasteiger partial charge in [-0.1, -0.05) is 36.4 Å². The van der Waals surface area contributed by atoms with Gasteiger partial charge >= 0.3 is 6.61 Å². The van der Waals surface area contributed by atoms with Crippen LogP contribution in [0.1, 0.15) is 12.0 Å². The highest BCUT2D eigenvalue weighted by Gasteiger charge is 2.17. The lowest BCUT2D eigenvalue weighted by Gasteiger charge is -2.09. The first-order chi connectivity index (χ1) is 12.3. The Kier molecular flexibility index (Phi) is 7.08. The van der Waals surface area contributed by atoms with E-state index in [1.807, 2.05) is 30.3 Å². The van der Waals surface area contributed by atoms with E-state index < -0.39 is 28.1 Å². The maximum absolute atomic E-state index is 12.2. The van der Waals surface area contributed by atoms with E-state index >= 15 is 0 Å². The lowest BCUT2D eigenvalue weighted by molar-refractivity contribution is -0.113. The van der Waals surface area contributed by atoms with Gasteiger partial charge in [-0.25, -0.2) is 8.42 Å². The molecule has 0 saturated carbocycles. The number of rotatable bonds is 9. The predicted molar refractivity (Wildman–Crippen MR) is 95.1 cm³/mol. The van der Waals surface area contributed by atoms with Crippen molar-refractivity contribution >= 4 is 21.4 Å². The summed E-state index contributed by atoms with van der Waals surface area (Å²) in [5.41, 5.74) is 1.22. The number of benzene rings is 2. The van der Waals surface area contributed by atoms with Crippen molar-refractivity contribution in [3.05, 3.63) is 60.2 Å². The fourth-order valence-corrected chi connectivity index (χ4v) is 3.56. The number of hydrogen-bond acceptors (Lipinski definition) is 4. The molecule has 0 saturated heterocycles. The Morgan fingerprint density at radius 2 is 1.81 bits per heavy atom. The largest absolute Gasteiger partial charge is 0.435 e. The van der Waals surface area contributed by atoms with Crippen molar-refractivity contribution in [1.29, 1.82) is 0 Å². The Balaban J connectivity index is 1.84. The first-order valence-electron chi connectivity index (χ1n) is 7.93. The van der Waals surface area contributed by atoms with Crippen molar-refractivity contribution in [3.63, 3.8) is 0 Å². The maximum Gasteiger partial charge on any atom is 0.387 e. The number of sulfone groups is 1. The van der Waals surface area contributed by atoms with Crippen molar-refractivity contribution in [3.8, 4) is 5.75 Å². The van der Waals surface area contributed by atoms with Crippen molar-refractivity contribution in [2.24, 2.45) is 0 Å². The Hall–Kier alpha value is -2.48. The minimum atomic E-state index is -3.56. The van der Waals surface area contributed by atoms with Crippen molar-refractivity contribution in [2.45, 2.75) is 19.5 Å². The molecule has 0 aliphatic rings. The highest BCUT2D eigenvalue weighted by Crippen LogP contribution is 2.19. The number of carbonyl (C=O) groups excluding carboxylic acids is 1. The van der Waals surface area contributed by atoms with Gasteiger partial charge in [0, 0.05) is 11.8 Å². The minimum absolute atomic E-state index is 0.107. The number of anilines is 1. The van der Waals surface area contributed by atoms with Gasteiger partial charge in [0.25, 0.3) is 0 Å². The second-order valence-electron chi connectivity index (χ2n) is 5.64. The number of nitrogens with one attached hydrogen (secondary N) is 1. The molecule has 2 rings (SSSR count). The van der Waals surface area contributed by atoms with E-state index in [4.69, 9.17) is 0 Å². The molecule has 0 aliphatic carbocycles. The number of aryl methyl sites for hydroxylation is 1. The van der Waals surface area contributed by atoms with Crippen molar-refractivity contribution in [1.82, 2.24) is 0 Å². The smallest absolute Gasteiger partial charge is 0.387 e. The average molecular weight is 383 g/mol. The lowest BCUT2D eigenvalue weighted by atomic mass is 10.1. The molecule has 0 bridgehead atoms. The van der Waals surface area contributed by atoms with Gasteiger partial charge in [-0.15, -0.1) is 0 Å². The Labute approximate surface area is 150 Å². The van der Waals surface area contributed by atoms with E-state index in [2.05, 4.69) is 10.1 Å². The molecular formula is C18H19F2NO4S. The quantitative estimate of drug-likeness (QED) is 0.721. The van der Waals surface area contributed by atoms with Gasteiger partial charge in [0.2, 0.25) is 5.91 Å². The summed E-state index contributed by atoms with van der Waals surface area (Å²) in [6.07, 6.45) is 1.02. The minimum Gasteiger partial charge on any atom is -0.435 e. The van der Waals surface area contributed by atoms with E-state index in [0.29, 0.717) is 12.8 Å². The second kappa shape index (κ2) is 9.28. The molecule has 0 heterocycles. The summed E-state index contributed by atoms with van der Waals surface area (Å²) in [5.74, 6) is -1.62. The van der Waals surface area contributed by atoms with Crippen LogP contribution in [-0.4, -0.2) is 32.4 Å². The van der Waals surface area contributed by atoms with E-state index in [1.165, 1.54) is 24.3 Å². The van der Waals surface area contributed by atoms with Crippen LogP contribution in [0.25, 0.3) is 0 Å². The first-order valence-corrected chi connectivity index (χ1v) is 9.75. The van der Waals surface area contributed by atoms with Gasteiger partial charge < -0.3 is 10.1 Å². The molecule has 0 aromatic heterocycles. The third-order valence-corrected chi connectivity index (χ3v) is 5.07. The summed E-state index contributed by atoms with van der Waals surface area (Å²) in [6.45, 7) is -2.98. The topological polar surface area (TPSA) is 72.5 Å². The fraction of sp³-hybridized carbons (Fsp3) is 0.278. The molecule has 0 atom stereocenters. The molecular weight excluding hydrogens is 364 g/mol. The Bertz CT molecular complexity index is 826. The van der Waals surface area contributed by atoms with Crippen LogP contribution in [-0.2, 0) is 21.1 Å². The highest BCUT2D eigenvalue weighted by molar-refractivity contribution is 7.92. The van der Waals surface area contributed by atoms with Crippen molar-refractivity contribution < 1.29 is 26.7 Å². The second-order valence-corrected chi connectivity index (χ2v) is 7.82. The third kappa shape index (κ3) is 7.18. The summed E-state index contributed by atoms with van der Waals surface area (Å²) in [4.78, 5) is 11.9. The molecule has 0 radical (unpaired) electrons. The summed E-state index contributed by atoms with van der Waals surface area (Å²) in [5, 5.41) is 2.38. The Morgan fingerprint density at radius 3 is 2.50 bits per heavy atom. The van der Waals surface area contributed by atoms with E-state index in [9.17, 15) is 22.0 Å².